The second-order valence-electron chi connectivity index (χ2n) is 3.85. The molecule has 0 saturated heterocycles. The number of rotatable bonds is 3. The van der Waals surface area contributed by atoms with Gasteiger partial charge in [0.25, 0.3) is 0 Å². The van der Waals surface area contributed by atoms with E-state index in [-0.39, 0.29) is 0 Å². The Morgan fingerprint density at radius 1 is 1.43 bits per heavy atom. The molecule has 0 aliphatic heterocycles. The number of imidazole rings is 1. The third-order valence-corrected chi connectivity index (χ3v) is 2.56. The number of aromatic nitrogens is 2. The standard InChI is InChI=1S/C11H13N3/c1-2-6-14-8-10(13-11(14)3-1)7-12-9-4-5-9/h1-3,6,8-9,12H,4-5,7H2. The summed E-state index contributed by atoms with van der Waals surface area (Å²) >= 11 is 0. The van der Waals surface area contributed by atoms with Gasteiger partial charge in [-0.1, -0.05) is 6.07 Å². The number of hydrogen-bond donors (Lipinski definition) is 1. The Morgan fingerprint density at radius 3 is 3.14 bits per heavy atom. The lowest BCUT2D eigenvalue weighted by Crippen LogP contribution is -2.15. The van der Waals surface area contributed by atoms with Crippen LogP contribution in [0.4, 0.5) is 0 Å². The molecule has 14 heavy (non-hydrogen) atoms. The largest absolute Gasteiger partial charge is 0.308 e. The molecule has 0 radical (unpaired) electrons. The summed E-state index contributed by atoms with van der Waals surface area (Å²) < 4.78 is 2.06. The van der Waals surface area contributed by atoms with E-state index in [1.165, 1.54) is 12.8 Å². The lowest BCUT2D eigenvalue weighted by molar-refractivity contribution is 0.677. The summed E-state index contributed by atoms with van der Waals surface area (Å²) in [5.74, 6) is 0. The van der Waals surface area contributed by atoms with Gasteiger partial charge in [-0.25, -0.2) is 4.98 Å². The van der Waals surface area contributed by atoms with Crippen LogP contribution >= 0.6 is 0 Å². The van der Waals surface area contributed by atoms with Crippen molar-refractivity contribution in [2.24, 2.45) is 0 Å². The lowest BCUT2D eigenvalue weighted by atomic mass is 10.4. The van der Waals surface area contributed by atoms with Gasteiger partial charge in [-0.15, -0.1) is 0 Å². The van der Waals surface area contributed by atoms with E-state index in [4.69, 9.17) is 0 Å². The van der Waals surface area contributed by atoms with Crippen molar-refractivity contribution in [3.05, 3.63) is 36.3 Å². The van der Waals surface area contributed by atoms with Crippen molar-refractivity contribution in [2.75, 3.05) is 0 Å². The van der Waals surface area contributed by atoms with Crippen molar-refractivity contribution < 1.29 is 0 Å². The van der Waals surface area contributed by atoms with Crippen LogP contribution in [0.15, 0.2) is 30.6 Å². The van der Waals surface area contributed by atoms with E-state index in [2.05, 4.69) is 20.9 Å². The van der Waals surface area contributed by atoms with Crippen LogP contribution in [0, 0.1) is 0 Å². The fourth-order valence-corrected chi connectivity index (χ4v) is 1.61. The molecule has 1 saturated carbocycles. The van der Waals surface area contributed by atoms with Gasteiger partial charge in [-0.05, 0) is 25.0 Å². The van der Waals surface area contributed by atoms with E-state index in [1.54, 1.807) is 0 Å². The molecule has 0 aromatic carbocycles. The Hall–Kier alpha value is -1.35. The maximum Gasteiger partial charge on any atom is 0.137 e. The third kappa shape index (κ3) is 1.51. The first-order valence-corrected chi connectivity index (χ1v) is 5.08. The molecule has 0 atom stereocenters. The van der Waals surface area contributed by atoms with Gasteiger partial charge >= 0.3 is 0 Å². The van der Waals surface area contributed by atoms with Crippen LogP contribution in [-0.2, 0) is 6.54 Å². The predicted octanol–water partition coefficient (Wildman–Crippen LogP) is 1.59. The zero-order chi connectivity index (χ0) is 9.38. The number of hydrogen-bond acceptors (Lipinski definition) is 2. The first-order valence-electron chi connectivity index (χ1n) is 5.08. The molecule has 3 heteroatoms. The molecule has 2 heterocycles. The van der Waals surface area contributed by atoms with E-state index in [1.807, 2.05) is 24.4 Å². The van der Waals surface area contributed by atoms with E-state index in [9.17, 15) is 0 Å². The van der Waals surface area contributed by atoms with Crippen LogP contribution in [-0.4, -0.2) is 15.4 Å². The van der Waals surface area contributed by atoms with E-state index in [0.29, 0.717) is 0 Å². The molecule has 1 aliphatic rings. The second-order valence-corrected chi connectivity index (χ2v) is 3.85. The maximum absolute atomic E-state index is 4.51. The van der Waals surface area contributed by atoms with Crippen molar-refractivity contribution in [3.8, 4) is 0 Å². The van der Waals surface area contributed by atoms with Gasteiger partial charge in [-0.2, -0.15) is 0 Å². The van der Waals surface area contributed by atoms with Crippen LogP contribution in [0.1, 0.15) is 18.5 Å². The summed E-state index contributed by atoms with van der Waals surface area (Å²) in [6.45, 7) is 0.895. The van der Waals surface area contributed by atoms with Crippen LogP contribution in [0.5, 0.6) is 0 Å². The summed E-state index contributed by atoms with van der Waals surface area (Å²) in [4.78, 5) is 4.51. The molecule has 1 N–H and O–H groups in total. The van der Waals surface area contributed by atoms with Crippen molar-refractivity contribution in [1.29, 1.82) is 0 Å². The average molecular weight is 187 g/mol. The van der Waals surface area contributed by atoms with Gasteiger partial charge in [0, 0.05) is 25.0 Å². The van der Waals surface area contributed by atoms with Crippen LogP contribution in [0.25, 0.3) is 5.65 Å². The van der Waals surface area contributed by atoms with Crippen molar-refractivity contribution in [1.82, 2.24) is 14.7 Å². The first kappa shape index (κ1) is 8.00. The molecule has 72 valence electrons. The molecular weight excluding hydrogens is 174 g/mol. The molecule has 2 aromatic heterocycles. The summed E-state index contributed by atoms with van der Waals surface area (Å²) in [6.07, 6.45) is 6.77. The number of nitrogens with one attached hydrogen (secondary N) is 1. The third-order valence-electron chi connectivity index (χ3n) is 2.56. The zero-order valence-corrected chi connectivity index (χ0v) is 7.98. The van der Waals surface area contributed by atoms with Gasteiger partial charge in [0.2, 0.25) is 0 Å². The molecule has 3 nitrogen and oxygen atoms in total. The molecule has 0 unspecified atom stereocenters. The Labute approximate surface area is 82.8 Å². The van der Waals surface area contributed by atoms with E-state index >= 15 is 0 Å². The highest BCUT2D eigenvalue weighted by Crippen LogP contribution is 2.19. The highest BCUT2D eigenvalue weighted by atomic mass is 15.0. The number of nitrogens with zero attached hydrogens (tertiary/aromatic N) is 2. The summed E-state index contributed by atoms with van der Waals surface area (Å²) in [6, 6.07) is 6.81. The fourth-order valence-electron chi connectivity index (χ4n) is 1.61. The highest BCUT2D eigenvalue weighted by molar-refractivity contribution is 5.39. The molecule has 3 rings (SSSR count). The first-order chi connectivity index (χ1) is 6.92. The SMILES string of the molecule is c1ccn2cc(CNC3CC3)nc2c1. The molecule has 1 fully saturated rings. The van der Waals surface area contributed by atoms with Crippen molar-refractivity contribution in [2.45, 2.75) is 25.4 Å². The summed E-state index contributed by atoms with van der Waals surface area (Å²) in [5.41, 5.74) is 2.16. The topological polar surface area (TPSA) is 29.3 Å². The van der Waals surface area contributed by atoms with Gasteiger partial charge in [0.05, 0.1) is 5.69 Å². The zero-order valence-electron chi connectivity index (χ0n) is 7.98. The van der Waals surface area contributed by atoms with Gasteiger partial charge in [0.1, 0.15) is 5.65 Å². The summed E-state index contributed by atoms with van der Waals surface area (Å²) in [5, 5.41) is 3.46. The summed E-state index contributed by atoms with van der Waals surface area (Å²) in [7, 11) is 0. The van der Waals surface area contributed by atoms with Crippen LogP contribution < -0.4 is 5.32 Å². The molecule has 0 spiro atoms. The Balaban J connectivity index is 1.82. The van der Waals surface area contributed by atoms with Crippen LogP contribution in [0.3, 0.4) is 0 Å². The quantitative estimate of drug-likeness (QED) is 0.790. The molecular formula is C11H13N3. The van der Waals surface area contributed by atoms with Crippen molar-refractivity contribution in [3.63, 3.8) is 0 Å². The molecule has 0 bridgehead atoms. The minimum absolute atomic E-state index is 0.750. The van der Waals surface area contributed by atoms with Crippen molar-refractivity contribution >= 4 is 5.65 Å². The maximum atomic E-state index is 4.51. The molecule has 2 aromatic rings. The minimum Gasteiger partial charge on any atom is -0.308 e. The second kappa shape index (κ2) is 3.10. The van der Waals surface area contributed by atoms with Gasteiger partial charge in [-0.3, -0.25) is 0 Å². The fraction of sp³-hybridized carbons (Fsp3) is 0.364. The molecule has 1 aliphatic carbocycles. The molecule has 0 amide bonds. The smallest absolute Gasteiger partial charge is 0.137 e. The Bertz CT molecular complexity index is 409. The monoisotopic (exact) mass is 187 g/mol. The highest BCUT2D eigenvalue weighted by Gasteiger charge is 2.20. The van der Waals surface area contributed by atoms with Gasteiger partial charge in [0.15, 0.2) is 0 Å². The minimum atomic E-state index is 0.750. The Morgan fingerprint density at radius 2 is 2.36 bits per heavy atom. The number of fused-ring (bicyclic) bond motifs is 1. The van der Waals surface area contributed by atoms with E-state index in [0.717, 1.165) is 23.9 Å². The van der Waals surface area contributed by atoms with Crippen LogP contribution in [0.2, 0.25) is 0 Å². The number of pyridine rings is 1. The van der Waals surface area contributed by atoms with Gasteiger partial charge < -0.3 is 9.72 Å². The average Bonchev–Trinajstić information content (AvgIpc) is 2.94. The lowest BCUT2D eigenvalue weighted by Gasteiger charge is -1.96. The van der Waals surface area contributed by atoms with E-state index < -0.39 is 0 Å². The normalized spacial score (nSPS) is 16.3. The predicted molar refractivity (Wildman–Crippen MR) is 55.1 cm³/mol. The Kier molecular flexibility index (Phi) is 1.77.